The van der Waals surface area contributed by atoms with Gasteiger partial charge in [0.1, 0.15) is 5.25 Å². The first-order chi connectivity index (χ1) is 35.6. The van der Waals surface area contributed by atoms with E-state index in [-0.39, 0.29) is 12.8 Å². The van der Waals surface area contributed by atoms with Gasteiger partial charge in [0, 0.05) is 11.4 Å². The molecule has 446 valence electrons. The molecular weight excluding hydrogens is 941 g/mol. The van der Waals surface area contributed by atoms with Crippen LogP contribution in [0.4, 0.5) is 0 Å². The molecule has 0 saturated heterocycles. The largest absolute Gasteiger partial charge is 0.549 e. The number of carboxylic acid groups (broad SMARTS) is 2. The van der Waals surface area contributed by atoms with E-state index >= 15 is 0 Å². The van der Waals surface area contributed by atoms with Gasteiger partial charge in [-0.25, -0.2) is 0 Å². The van der Waals surface area contributed by atoms with Crippen LogP contribution in [0.2, 0.25) is 0 Å². The lowest BCUT2D eigenvalue weighted by Crippen LogP contribution is -2.59. The van der Waals surface area contributed by atoms with Gasteiger partial charge in [0.15, 0.2) is 0 Å². The van der Waals surface area contributed by atoms with Gasteiger partial charge in [-0.05, 0) is 116 Å². The molecule has 0 amide bonds. The number of hydrogen-bond acceptors (Lipinski definition) is 6. The van der Waals surface area contributed by atoms with Crippen LogP contribution in [0.5, 0.6) is 0 Å². The van der Waals surface area contributed by atoms with E-state index in [1.165, 1.54) is 267 Å². The summed E-state index contributed by atoms with van der Waals surface area (Å²) < 4.78 is 35.3. The standard InChI is InChI=1S/2C24H52N.C16H30O7S/c2*1-5-9-13-17-21-25(22-18-14-10-6-2,23-19-15-11-7-3)24-20-16-12-8-4;1-3-5-7-9-11-16(15(19)20,12-10-8-6-4-2)13(14(17)18)24(21,22)23/h2*5-24H2,1-4H3;13H,3-12H2,1-2H3,(H,17,18)(H,19,20)(H,21,22,23)/q2*+1;/p-2. The topological polar surface area (TPSA) is 135 Å². The van der Waals surface area contributed by atoms with Gasteiger partial charge in [0.25, 0.3) is 10.1 Å². The molecule has 1 N–H and O–H groups in total. The molecule has 0 aliphatic rings. The molecule has 74 heavy (non-hydrogen) atoms. The third kappa shape index (κ3) is 41.8. The first-order valence-electron chi connectivity index (χ1n) is 32.7. The summed E-state index contributed by atoms with van der Waals surface area (Å²) in [6.45, 7) is 34.3. The zero-order valence-corrected chi connectivity index (χ0v) is 52.4. The van der Waals surface area contributed by atoms with Gasteiger partial charge in [-0.1, -0.05) is 223 Å². The fourth-order valence-electron chi connectivity index (χ4n) is 11.4. The summed E-state index contributed by atoms with van der Waals surface area (Å²) in [5.41, 5.74) is -2.17. The van der Waals surface area contributed by atoms with E-state index in [0.29, 0.717) is 25.7 Å². The van der Waals surface area contributed by atoms with Crippen molar-refractivity contribution in [1.82, 2.24) is 0 Å². The maximum atomic E-state index is 11.8. The Morgan fingerprint density at radius 3 is 0.649 bits per heavy atom. The number of rotatable bonds is 54. The summed E-state index contributed by atoms with van der Waals surface area (Å²) in [7, 11) is -5.14. The van der Waals surface area contributed by atoms with Gasteiger partial charge in [0.05, 0.1) is 58.3 Å². The Kier molecular flexibility index (Phi) is 55.9. The number of carbonyl (C=O) groups is 2. The van der Waals surface area contributed by atoms with Crippen LogP contribution in [0, 0.1) is 5.41 Å². The maximum Gasteiger partial charge on any atom is 0.274 e. The molecule has 0 saturated carbocycles. The average molecular weight is 1070 g/mol. The smallest absolute Gasteiger partial charge is 0.274 e. The van der Waals surface area contributed by atoms with Gasteiger partial charge >= 0.3 is 0 Å². The van der Waals surface area contributed by atoms with Crippen molar-refractivity contribution in [3.63, 3.8) is 0 Å². The maximum absolute atomic E-state index is 11.8. The van der Waals surface area contributed by atoms with Crippen molar-refractivity contribution in [3.05, 3.63) is 0 Å². The van der Waals surface area contributed by atoms with Gasteiger partial charge in [-0.2, -0.15) is 8.42 Å². The molecule has 1 unspecified atom stereocenters. The van der Waals surface area contributed by atoms with Crippen molar-refractivity contribution >= 4 is 22.1 Å². The van der Waals surface area contributed by atoms with Crippen LogP contribution in [0.15, 0.2) is 0 Å². The fourth-order valence-corrected chi connectivity index (χ4v) is 12.5. The molecule has 9 nitrogen and oxygen atoms in total. The second-order valence-electron chi connectivity index (χ2n) is 23.2. The number of hydrogen-bond donors (Lipinski definition) is 1. The van der Waals surface area contributed by atoms with Crippen molar-refractivity contribution in [1.29, 1.82) is 0 Å². The Labute approximate surface area is 463 Å². The lowest BCUT2D eigenvalue weighted by Gasteiger charge is -2.40. The predicted molar refractivity (Wildman–Crippen MR) is 318 cm³/mol. The zero-order valence-electron chi connectivity index (χ0n) is 51.6. The fraction of sp³-hybridized carbons (Fsp3) is 0.969. The molecule has 0 rings (SSSR count). The van der Waals surface area contributed by atoms with Crippen LogP contribution in [-0.2, 0) is 19.7 Å². The summed E-state index contributed by atoms with van der Waals surface area (Å²) in [6.07, 6.45) is 50.7. The van der Waals surface area contributed by atoms with E-state index in [1.807, 2.05) is 13.8 Å². The van der Waals surface area contributed by atoms with Crippen LogP contribution >= 0.6 is 0 Å². The van der Waals surface area contributed by atoms with Crippen molar-refractivity contribution < 1.29 is 41.7 Å². The van der Waals surface area contributed by atoms with Gasteiger partial charge in [0.2, 0.25) is 0 Å². The van der Waals surface area contributed by atoms with Crippen LogP contribution < -0.4 is 10.2 Å². The molecule has 0 bridgehead atoms. The van der Waals surface area contributed by atoms with E-state index in [0.717, 1.165) is 25.7 Å². The zero-order chi connectivity index (χ0) is 56.1. The van der Waals surface area contributed by atoms with Crippen LogP contribution in [0.25, 0.3) is 0 Å². The summed E-state index contributed by atoms with van der Waals surface area (Å²) >= 11 is 0. The normalized spacial score (nSPS) is 12.5. The third-order valence-corrected chi connectivity index (χ3v) is 17.5. The van der Waals surface area contributed by atoms with Crippen molar-refractivity contribution in [2.24, 2.45) is 5.41 Å². The Morgan fingerprint density at radius 1 is 0.338 bits per heavy atom. The van der Waals surface area contributed by atoms with Crippen molar-refractivity contribution in [3.8, 4) is 0 Å². The van der Waals surface area contributed by atoms with E-state index in [2.05, 4.69) is 55.4 Å². The Bertz CT molecular complexity index is 1140. The molecule has 10 heteroatoms. The van der Waals surface area contributed by atoms with E-state index in [4.69, 9.17) is 0 Å². The number of carbonyl (C=O) groups excluding carboxylic acids is 2. The molecule has 1 atom stereocenters. The molecule has 0 fully saturated rings. The Balaban J connectivity index is -0.00000102. The lowest BCUT2D eigenvalue weighted by molar-refractivity contribution is -0.929. The molecule has 0 aromatic rings. The molecule has 0 aliphatic heterocycles. The third-order valence-electron chi connectivity index (χ3n) is 16.3. The summed E-state index contributed by atoms with van der Waals surface area (Å²) in [6, 6.07) is 0. The molecule has 0 aromatic heterocycles. The molecule has 0 spiro atoms. The molecule has 0 heterocycles. The Morgan fingerprint density at radius 2 is 0.514 bits per heavy atom. The van der Waals surface area contributed by atoms with Crippen molar-refractivity contribution in [2.75, 3.05) is 52.4 Å². The van der Waals surface area contributed by atoms with Crippen molar-refractivity contribution in [2.45, 2.75) is 344 Å². The minimum Gasteiger partial charge on any atom is -0.549 e. The minimum absolute atomic E-state index is 0.181. The SMILES string of the molecule is CCCCCCC(CCCCCC)(C(=O)[O-])C(C(=O)[O-])S(=O)(=O)O.CCCCCC[N+](CCCCCC)(CCCCCC)CCCCCC.CCCCCC[N+](CCCCCC)(CCCCCC)CCCCCC. The van der Waals surface area contributed by atoms with Crippen LogP contribution in [-0.4, -0.2) is 91.5 Å². The number of aliphatic carboxylic acids is 2. The molecule has 0 radical (unpaired) electrons. The Hall–Kier alpha value is -1.23. The van der Waals surface area contributed by atoms with Gasteiger partial charge in [-0.15, -0.1) is 0 Å². The highest BCUT2D eigenvalue weighted by Gasteiger charge is 2.47. The number of unbranched alkanes of at least 4 members (excludes halogenated alkanes) is 30. The average Bonchev–Trinajstić information content (AvgIpc) is 3.37. The number of quaternary nitrogens is 2. The number of carboxylic acids is 2. The molecule has 0 aromatic carbocycles. The van der Waals surface area contributed by atoms with E-state index in [9.17, 15) is 32.8 Å². The first-order valence-corrected chi connectivity index (χ1v) is 34.2. The predicted octanol–water partition coefficient (Wildman–Crippen LogP) is 16.9. The van der Waals surface area contributed by atoms with Gasteiger partial charge in [-0.3, -0.25) is 4.55 Å². The highest BCUT2D eigenvalue weighted by Crippen LogP contribution is 2.38. The van der Waals surface area contributed by atoms with E-state index in [1.54, 1.807) is 0 Å². The minimum atomic E-state index is -5.14. The van der Waals surface area contributed by atoms with Gasteiger partial charge < -0.3 is 28.8 Å². The summed E-state index contributed by atoms with van der Waals surface area (Å²) in [4.78, 5) is 23.1. The summed E-state index contributed by atoms with van der Waals surface area (Å²) in [5, 5.41) is 20.6. The second-order valence-corrected chi connectivity index (χ2v) is 24.7. The first kappa shape index (κ1) is 77.0. The van der Waals surface area contributed by atoms with E-state index < -0.39 is 32.7 Å². The highest BCUT2D eigenvalue weighted by molar-refractivity contribution is 7.87. The monoisotopic (exact) mass is 1070 g/mol. The summed E-state index contributed by atoms with van der Waals surface area (Å²) in [5.74, 6) is -3.87. The molecule has 0 aliphatic carbocycles. The highest BCUT2D eigenvalue weighted by atomic mass is 32.2. The van der Waals surface area contributed by atoms with Crippen LogP contribution in [0.1, 0.15) is 339 Å². The molecular formula is C64H132N2O7S. The second kappa shape index (κ2) is 53.8. The number of nitrogens with zero attached hydrogens (tertiary/aromatic N) is 2. The van der Waals surface area contributed by atoms with Crippen LogP contribution in [0.3, 0.4) is 0 Å². The quantitative estimate of drug-likeness (QED) is 0.0364. The lowest BCUT2D eigenvalue weighted by atomic mass is 9.74.